The van der Waals surface area contributed by atoms with E-state index in [9.17, 15) is 0 Å². The standard InChI is InChI=1S/C42H80N2/c1-5-7-9-11-13-15-17-19-21-23-25-27-29-31-33-35-37-42(41-44(4)40-39-43-3)38-36-34-32-30-28-26-24-22-20-18-16-14-12-10-8-6-2/h13-16,19-22,42-43H,5-12,17-18,23-41H2,1-4H3. The van der Waals surface area contributed by atoms with E-state index < -0.39 is 0 Å². The number of nitrogens with zero attached hydrogens (tertiary/aromatic N) is 1. The first-order chi connectivity index (χ1) is 21.7. The Morgan fingerprint density at radius 2 is 0.841 bits per heavy atom. The van der Waals surface area contributed by atoms with Crippen LogP contribution in [0, 0.1) is 5.92 Å². The number of allylic oxidation sites excluding steroid dienone is 8. The van der Waals surface area contributed by atoms with Gasteiger partial charge in [-0.25, -0.2) is 0 Å². The normalized spacial score (nSPS) is 13.2. The fraction of sp³-hybridized carbons (Fsp3) is 0.810. The van der Waals surface area contributed by atoms with Crippen LogP contribution in [0.1, 0.15) is 181 Å². The largest absolute Gasteiger partial charge is 0.318 e. The van der Waals surface area contributed by atoms with Crippen molar-refractivity contribution < 1.29 is 0 Å². The third kappa shape index (κ3) is 35.4. The van der Waals surface area contributed by atoms with Crippen molar-refractivity contribution >= 4 is 0 Å². The predicted octanol–water partition coefficient (Wildman–Crippen LogP) is 13.2. The molecule has 0 aliphatic carbocycles. The topological polar surface area (TPSA) is 15.3 Å². The van der Waals surface area contributed by atoms with Crippen LogP contribution in [0.25, 0.3) is 0 Å². The zero-order valence-electron chi connectivity index (χ0n) is 30.6. The van der Waals surface area contributed by atoms with Crippen molar-refractivity contribution in [1.82, 2.24) is 10.2 Å². The summed E-state index contributed by atoms with van der Waals surface area (Å²) in [5.41, 5.74) is 0. The second kappa shape index (κ2) is 38.1. The van der Waals surface area contributed by atoms with Gasteiger partial charge in [0.15, 0.2) is 0 Å². The second-order valence-electron chi connectivity index (χ2n) is 13.5. The molecule has 0 amide bonds. The molecule has 0 atom stereocenters. The Hall–Kier alpha value is -1.12. The Morgan fingerprint density at radius 1 is 0.477 bits per heavy atom. The summed E-state index contributed by atoms with van der Waals surface area (Å²) in [5.74, 6) is 0.883. The summed E-state index contributed by atoms with van der Waals surface area (Å²) in [7, 11) is 4.39. The molecule has 0 aromatic carbocycles. The van der Waals surface area contributed by atoms with Crippen molar-refractivity contribution in [3.05, 3.63) is 48.6 Å². The average molecular weight is 613 g/mol. The van der Waals surface area contributed by atoms with E-state index >= 15 is 0 Å². The molecule has 258 valence electrons. The Balaban J connectivity index is 3.87. The first kappa shape index (κ1) is 42.9. The summed E-state index contributed by atoms with van der Waals surface area (Å²) >= 11 is 0. The minimum Gasteiger partial charge on any atom is -0.318 e. The van der Waals surface area contributed by atoms with Gasteiger partial charge in [0.1, 0.15) is 0 Å². The molecule has 0 aliphatic heterocycles. The molecule has 2 nitrogen and oxygen atoms in total. The summed E-state index contributed by atoms with van der Waals surface area (Å²) < 4.78 is 0. The van der Waals surface area contributed by atoms with Crippen LogP contribution in [0.3, 0.4) is 0 Å². The molecule has 0 heterocycles. The number of likely N-dealkylation sites (N-methyl/N-ethyl adjacent to an activating group) is 2. The quantitative estimate of drug-likeness (QED) is 0.0566. The van der Waals surface area contributed by atoms with Gasteiger partial charge in [0.2, 0.25) is 0 Å². The minimum atomic E-state index is 0.883. The molecular weight excluding hydrogens is 532 g/mol. The van der Waals surface area contributed by atoms with Crippen LogP contribution in [-0.2, 0) is 0 Å². The van der Waals surface area contributed by atoms with Gasteiger partial charge in [-0.2, -0.15) is 0 Å². The van der Waals surface area contributed by atoms with Crippen LogP contribution >= 0.6 is 0 Å². The van der Waals surface area contributed by atoms with Crippen LogP contribution in [0.4, 0.5) is 0 Å². The van der Waals surface area contributed by atoms with E-state index in [1.54, 1.807) is 0 Å². The number of unbranched alkanes of at least 4 members (excludes halogenated alkanes) is 18. The van der Waals surface area contributed by atoms with E-state index in [0.29, 0.717) is 0 Å². The molecule has 0 bridgehead atoms. The van der Waals surface area contributed by atoms with E-state index in [4.69, 9.17) is 0 Å². The molecule has 0 radical (unpaired) electrons. The van der Waals surface area contributed by atoms with Crippen LogP contribution < -0.4 is 5.32 Å². The second-order valence-corrected chi connectivity index (χ2v) is 13.5. The maximum Gasteiger partial charge on any atom is 0.0104 e. The number of hydrogen-bond donors (Lipinski definition) is 1. The highest BCUT2D eigenvalue weighted by molar-refractivity contribution is 4.93. The van der Waals surface area contributed by atoms with Gasteiger partial charge in [0.05, 0.1) is 0 Å². The Labute approximate surface area is 278 Å². The van der Waals surface area contributed by atoms with Crippen molar-refractivity contribution in [1.29, 1.82) is 0 Å². The lowest BCUT2D eigenvalue weighted by molar-refractivity contribution is 0.251. The molecular formula is C42H80N2. The molecule has 1 N–H and O–H groups in total. The van der Waals surface area contributed by atoms with Gasteiger partial charge < -0.3 is 10.2 Å². The number of hydrogen-bond acceptors (Lipinski definition) is 2. The highest BCUT2D eigenvalue weighted by atomic mass is 15.1. The van der Waals surface area contributed by atoms with Gasteiger partial charge in [-0.15, -0.1) is 0 Å². The maximum atomic E-state index is 3.32. The highest BCUT2D eigenvalue weighted by Gasteiger charge is 2.11. The van der Waals surface area contributed by atoms with Crippen molar-refractivity contribution in [3.63, 3.8) is 0 Å². The van der Waals surface area contributed by atoms with Crippen LogP contribution in [0.15, 0.2) is 48.6 Å². The van der Waals surface area contributed by atoms with Crippen molar-refractivity contribution in [2.45, 2.75) is 181 Å². The first-order valence-corrected chi connectivity index (χ1v) is 19.7. The van der Waals surface area contributed by atoms with Crippen LogP contribution in [0.5, 0.6) is 0 Å². The zero-order chi connectivity index (χ0) is 32.0. The first-order valence-electron chi connectivity index (χ1n) is 19.7. The van der Waals surface area contributed by atoms with Crippen molar-refractivity contribution in [3.8, 4) is 0 Å². The molecule has 0 aromatic rings. The Bertz CT molecular complexity index is 598. The van der Waals surface area contributed by atoms with Gasteiger partial charge in [0, 0.05) is 19.6 Å². The van der Waals surface area contributed by atoms with Gasteiger partial charge in [-0.05, 0) is 97.1 Å². The maximum absolute atomic E-state index is 3.32. The van der Waals surface area contributed by atoms with E-state index in [2.05, 4.69) is 86.8 Å². The van der Waals surface area contributed by atoms with E-state index in [1.807, 2.05) is 0 Å². The zero-order valence-corrected chi connectivity index (χ0v) is 30.6. The molecule has 0 aliphatic rings. The van der Waals surface area contributed by atoms with Crippen molar-refractivity contribution in [2.75, 3.05) is 33.7 Å². The van der Waals surface area contributed by atoms with Crippen LogP contribution in [0.2, 0.25) is 0 Å². The SMILES string of the molecule is CCCCCC=CCC=CCCCCCCCCC(CCCCCCCCC=CCC=CCCCCC)CN(C)CCNC. The summed E-state index contributed by atoms with van der Waals surface area (Å²) in [6.07, 6.45) is 54.1. The highest BCUT2D eigenvalue weighted by Crippen LogP contribution is 2.20. The third-order valence-electron chi connectivity index (χ3n) is 8.94. The fourth-order valence-electron chi connectivity index (χ4n) is 6.00. The lowest BCUT2D eigenvalue weighted by Crippen LogP contribution is -2.31. The van der Waals surface area contributed by atoms with E-state index in [0.717, 1.165) is 25.3 Å². The summed E-state index contributed by atoms with van der Waals surface area (Å²) in [5, 5.41) is 3.32. The molecule has 0 rings (SSSR count). The Kier molecular flexibility index (Phi) is 37.1. The summed E-state index contributed by atoms with van der Waals surface area (Å²) in [4.78, 5) is 2.56. The van der Waals surface area contributed by atoms with Gasteiger partial charge >= 0.3 is 0 Å². The van der Waals surface area contributed by atoms with Gasteiger partial charge in [-0.1, -0.05) is 152 Å². The van der Waals surface area contributed by atoms with Gasteiger partial charge in [0.25, 0.3) is 0 Å². The lowest BCUT2D eigenvalue weighted by Gasteiger charge is -2.24. The molecule has 0 saturated heterocycles. The van der Waals surface area contributed by atoms with E-state index in [1.165, 1.54) is 167 Å². The van der Waals surface area contributed by atoms with Crippen LogP contribution in [-0.4, -0.2) is 38.6 Å². The smallest absolute Gasteiger partial charge is 0.0104 e. The average Bonchev–Trinajstić information content (AvgIpc) is 3.03. The monoisotopic (exact) mass is 613 g/mol. The fourth-order valence-corrected chi connectivity index (χ4v) is 6.00. The minimum absolute atomic E-state index is 0.883. The Morgan fingerprint density at radius 3 is 1.23 bits per heavy atom. The summed E-state index contributed by atoms with van der Waals surface area (Å²) in [6, 6.07) is 0. The lowest BCUT2D eigenvalue weighted by atomic mass is 9.93. The molecule has 2 heteroatoms. The number of nitrogens with one attached hydrogen (secondary N) is 1. The van der Waals surface area contributed by atoms with Gasteiger partial charge in [-0.3, -0.25) is 0 Å². The molecule has 0 fully saturated rings. The predicted molar refractivity (Wildman–Crippen MR) is 203 cm³/mol. The molecule has 0 spiro atoms. The summed E-state index contributed by atoms with van der Waals surface area (Å²) in [6.45, 7) is 8.09. The molecule has 0 aromatic heterocycles. The molecule has 0 saturated carbocycles. The third-order valence-corrected chi connectivity index (χ3v) is 8.94. The number of rotatable bonds is 35. The molecule has 0 unspecified atom stereocenters. The van der Waals surface area contributed by atoms with Crippen molar-refractivity contribution in [2.24, 2.45) is 5.92 Å². The molecule has 44 heavy (non-hydrogen) atoms. The van der Waals surface area contributed by atoms with E-state index in [-0.39, 0.29) is 0 Å².